The predicted octanol–water partition coefficient (Wildman–Crippen LogP) is 4.25. The molecule has 32 heavy (non-hydrogen) atoms. The number of rotatable bonds is 4. The van der Waals surface area contributed by atoms with Crippen molar-refractivity contribution >= 4 is 40.0 Å². The molecule has 4 rings (SSSR count). The first-order valence-electron chi connectivity index (χ1n) is 10.0. The van der Waals surface area contributed by atoms with Crippen LogP contribution in [0.3, 0.4) is 0 Å². The normalized spacial score (nSPS) is 17.4. The molecule has 0 spiro atoms. The highest BCUT2D eigenvalue weighted by Gasteiger charge is 2.28. The van der Waals surface area contributed by atoms with Crippen molar-refractivity contribution in [3.05, 3.63) is 58.4 Å². The molecule has 166 valence electrons. The van der Waals surface area contributed by atoms with E-state index in [-0.39, 0.29) is 39.5 Å². The average Bonchev–Trinajstić information content (AvgIpc) is 3.35. The molecule has 2 heterocycles. The van der Waals surface area contributed by atoms with Crippen LogP contribution in [0.5, 0.6) is 5.88 Å². The van der Waals surface area contributed by atoms with E-state index in [0.29, 0.717) is 30.6 Å². The van der Waals surface area contributed by atoms with Gasteiger partial charge in [-0.3, -0.25) is 9.59 Å². The number of fused-ring (bicyclic) bond motifs is 1. The molecule has 0 saturated carbocycles. The fraction of sp³-hybridized carbons (Fsp3) is 0.273. The first-order valence-corrected chi connectivity index (χ1v) is 10.4. The van der Waals surface area contributed by atoms with Crippen LogP contribution in [0.4, 0.5) is 10.1 Å². The minimum Gasteiger partial charge on any atom is -0.493 e. The number of likely N-dealkylation sites (tertiary alicyclic amines) is 1. The quantitative estimate of drug-likeness (QED) is 0.506. The number of hydrogen-bond acceptors (Lipinski definition) is 5. The minimum atomic E-state index is -0.668. The molecular weight excluding hydrogens is 437 g/mol. The van der Waals surface area contributed by atoms with Gasteiger partial charge in [0.25, 0.3) is 11.8 Å². The van der Waals surface area contributed by atoms with Crippen molar-refractivity contribution < 1.29 is 19.1 Å². The number of azo groups is 1. The Labute approximate surface area is 187 Å². The van der Waals surface area contributed by atoms with Gasteiger partial charge in [-0.2, -0.15) is 0 Å². The highest BCUT2D eigenvalue weighted by Crippen LogP contribution is 2.41. The van der Waals surface area contributed by atoms with E-state index in [0.717, 1.165) is 0 Å². The number of carbonyl (C=O) groups is 2. The minimum absolute atomic E-state index is 0.0440. The molecule has 0 aliphatic carbocycles. The third-order valence-electron chi connectivity index (χ3n) is 5.59. The Bertz CT molecular complexity index is 1220. The Morgan fingerprint density at radius 1 is 1.28 bits per heavy atom. The van der Waals surface area contributed by atoms with E-state index in [1.165, 1.54) is 24.3 Å². The zero-order valence-electron chi connectivity index (χ0n) is 17.2. The van der Waals surface area contributed by atoms with Crippen molar-refractivity contribution in [1.29, 1.82) is 0 Å². The number of amides is 2. The Kier molecular flexibility index (Phi) is 5.94. The molecule has 10 heteroatoms. The van der Waals surface area contributed by atoms with Crippen LogP contribution in [0.25, 0.3) is 10.9 Å². The monoisotopic (exact) mass is 457 g/mol. The molecule has 0 bridgehead atoms. The van der Waals surface area contributed by atoms with E-state index in [2.05, 4.69) is 15.2 Å². The zero-order valence-corrected chi connectivity index (χ0v) is 17.9. The lowest BCUT2D eigenvalue weighted by Gasteiger charge is -2.16. The van der Waals surface area contributed by atoms with Crippen LogP contribution < -0.4 is 5.73 Å². The van der Waals surface area contributed by atoms with Crippen molar-refractivity contribution in [3.63, 3.8) is 0 Å². The van der Waals surface area contributed by atoms with Gasteiger partial charge in [-0.25, -0.2) is 4.39 Å². The number of halogens is 2. The molecule has 1 fully saturated rings. The van der Waals surface area contributed by atoms with Crippen LogP contribution in [-0.4, -0.2) is 45.9 Å². The summed E-state index contributed by atoms with van der Waals surface area (Å²) in [7, 11) is 0. The van der Waals surface area contributed by atoms with Crippen molar-refractivity contribution in [3.8, 4) is 5.88 Å². The third-order valence-corrected chi connectivity index (χ3v) is 5.98. The molecule has 1 aliphatic rings. The maximum absolute atomic E-state index is 13.1. The Morgan fingerprint density at radius 3 is 2.66 bits per heavy atom. The van der Waals surface area contributed by atoms with Gasteiger partial charge >= 0.3 is 0 Å². The van der Waals surface area contributed by atoms with Crippen LogP contribution >= 0.6 is 11.6 Å². The highest BCUT2D eigenvalue weighted by molar-refractivity contribution is 6.39. The van der Waals surface area contributed by atoms with E-state index in [1.807, 2.05) is 0 Å². The van der Waals surface area contributed by atoms with Gasteiger partial charge in [0.2, 0.25) is 5.88 Å². The predicted molar refractivity (Wildman–Crippen MR) is 118 cm³/mol. The highest BCUT2D eigenvalue weighted by atomic mass is 35.5. The van der Waals surface area contributed by atoms with Crippen molar-refractivity contribution in [2.75, 3.05) is 13.1 Å². The molecular formula is C22H21ClFN5O3. The maximum Gasteiger partial charge on any atom is 0.271 e. The molecule has 8 nitrogen and oxygen atoms in total. The second kappa shape index (κ2) is 8.68. The van der Waals surface area contributed by atoms with Crippen LogP contribution in [0.15, 0.2) is 46.6 Å². The summed E-state index contributed by atoms with van der Waals surface area (Å²) in [5.74, 6) is -2.26. The number of aromatic nitrogens is 1. The summed E-state index contributed by atoms with van der Waals surface area (Å²) in [5.41, 5.74) is 7.11. The lowest BCUT2D eigenvalue weighted by Crippen LogP contribution is -2.32. The standard InChI is InChI=1S/C22H21ClFN5O3/c1-11(12-2-4-13(24)5-3-12)20(30)28-27-19-17-16(26-21(19)31)7-6-15(18(17)23)22(32)29-9-8-14(25)10-29/h2-7,11,14,26,31H,8-10,25H2,1H3/t11?,14-/m0/s1. The van der Waals surface area contributed by atoms with Gasteiger partial charge in [-0.1, -0.05) is 23.7 Å². The molecule has 1 aliphatic heterocycles. The first-order chi connectivity index (χ1) is 15.3. The molecule has 1 aromatic heterocycles. The Balaban J connectivity index is 1.65. The largest absolute Gasteiger partial charge is 0.493 e. The van der Waals surface area contributed by atoms with E-state index in [4.69, 9.17) is 17.3 Å². The van der Waals surface area contributed by atoms with Gasteiger partial charge in [-0.05, 0) is 43.2 Å². The second-order valence-corrected chi connectivity index (χ2v) is 8.16. The fourth-order valence-electron chi connectivity index (χ4n) is 3.70. The molecule has 2 aromatic carbocycles. The van der Waals surface area contributed by atoms with Crippen LogP contribution in [0, 0.1) is 5.82 Å². The second-order valence-electron chi connectivity index (χ2n) is 7.78. The molecule has 2 atom stereocenters. The van der Waals surface area contributed by atoms with E-state index < -0.39 is 17.6 Å². The number of benzene rings is 2. The number of hydrogen-bond donors (Lipinski definition) is 3. The number of aromatic hydroxyl groups is 1. The fourth-order valence-corrected chi connectivity index (χ4v) is 4.04. The summed E-state index contributed by atoms with van der Waals surface area (Å²) in [6, 6.07) is 8.60. The number of carbonyl (C=O) groups excluding carboxylic acids is 2. The topological polar surface area (TPSA) is 124 Å². The third kappa shape index (κ3) is 4.09. The molecule has 0 radical (unpaired) electrons. The van der Waals surface area contributed by atoms with E-state index >= 15 is 0 Å². The Hall–Kier alpha value is -3.30. The summed E-state index contributed by atoms with van der Waals surface area (Å²) < 4.78 is 13.1. The molecule has 1 saturated heterocycles. The van der Waals surface area contributed by atoms with Crippen LogP contribution in [0.1, 0.15) is 35.2 Å². The van der Waals surface area contributed by atoms with Gasteiger partial charge in [0.05, 0.1) is 27.4 Å². The smallest absolute Gasteiger partial charge is 0.271 e. The molecule has 3 aromatic rings. The van der Waals surface area contributed by atoms with E-state index in [9.17, 15) is 19.1 Å². The number of nitrogens with two attached hydrogens (primary N) is 1. The zero-order chi connectivity index (χ0) is 23.0. The van der Waals surface area contributed by atoms with Gasteiger partial charge in [0.15, 0.2) is 5.69 Å². The molecule has 1 unspecified atom stereocenters. The molecule has 4 N–H and O–H groups in total. The Morgan fingerprint density at radius 2 is 2.00 bits per heavy atom. The van der Waals surface area contributed by atoms with Crippen LogP contribution in [-0.2, 0) is 4.79 Å². The van der Waals surface area contributed by atoms with E-state index in [1.54, 1.807) is 24.0 Å². The van der Waals surface area contributed by atoms with Gasteiger partial charge in [-0.15, -0.1) is 10.2 Å². The first kappa shape index (κ1) is 21.9. The van der Waals surface area contributed by atoms with Gasteiger partial charge in [0.1, 0.15) is 5.82 Å². The number of nitrogens with one attached hydrogen (secondary N) is 1. The number of nitrogens with zero attached hydrogens (tertiary/aromatic N) is 3. The maximum atomic E-state index is 13.1. The summed E-state index contributed by atoms with van der Waals surface area (Å²) in [6.45, 7) is 2.59. The summed E-state index contributed by atoms with van der Waals surface area (Å²) in [4.78, 5) is 29.7. The van der Waals surface area contributed by atoms with Crippen molar-refractivity contribution in [1.82, 2.24) is 9.88 Å². The van der Waals surface area contributed by atoms with Crippen LogP contribution in [0.2, 0.25) is 5.02 Å². The van der Waals surface area contributed by atoms with Crippen molar-refractivity contribution in [2.24, 2.45) is 16.0 Å². The average molecular weight is 458 g/mol. The number of aromatic amines is 1. The van der Waals surface area contributed by atoms with Gasteiger partial charge < -0.3 is 20.7 Å². The summed E-state index contributed by atoms with van der Waals surface area (Å²) >= 11 is 6.53. The lowest BCUT2D eigenvalue weighted by molar-refractivity contribution is -0.119. The van der Waals surface area contributed by atoms with Crippen molar-refractivity contribution in [2.45, 2.75) is 25.3 Å². The number of H-pyrrole nitrogens is 1. The summed E-state index contributed by atoms with van der Waals surface area (Å²) in [6.07, 6.45) is 0.713. The SMILES string of the molecule is CC(C(=O)N=Nc1c(O)[nH]c2ccc(C(=O)N3CC[C@H](N)C3)c(Cl)c12)c1ccc(F)cc1. The molecule has 2 amide bonds. The lowest BCUT2D eigenvalue weighted by atomic mass is 10.0. The summed E-state index contributed by atoms with van der Waals surface area (Å²) in [5, 5.41) is 18.3. The van der Waals surface area contributed by atoms with Gasteiger partial charge in [0, 0.05) is 19.1 Å².